The van der Waals surface area contributed by atoms with E-state index in [9.17, 15) is 0 Å². The van der Waals surface area contributed by atoms with E-state index in [2.05, 4.69) is 51.8 Å². The standard InChI is InChI=1S/C26H48N6/c1-30-9-6-26(21(14-30)23-11-25(4-7-28-23)18-32(3)19-25)12-22(29-16-26)20-10-24(15-27-13-20)5-8-31(2)17-24/h20-23,27-29H,4-19H2,1-3H3. The van der Waals surface area contributed by atoms with Gasteiger partial charge in [-0.3, -0.25) is 0 Å². The zero-order chi connectivity index (χ0) is 22.0. The Morgan fingerprint density at radius 3 is 2.31 bits per heavy atom. The monoisotopic (exact) mass is 444 g/mol. The fourth-order valence-corrected chi connectivity index (χ4v) is 9.31. The summed E-state index contributed by atoms with van der Waals surface area (Å²) in [6, 6.07) is 1.42. The van der Waals surface area contributed by atoms with Gasteiger partial charge in [-0.05, 0) is 114 Å². The largest absolute Gasteiger partial charge is 0.316 e. The Balaban J connectivity index is 1.17. The van der Waals surface area contributed by atoms with Crippen LogP contribution in [0.25, 0.3) is 0 Å². The Hall–Kier alpha value is -0.240. The predicted octanol–water partition coefficient (Wildman–Crippen LogP) is 0.902. The summed E-state index contributed by atoms with van der Waals surface area (Å²) in [6.45, 7) is 12.7. The first-order valence-electron chi connectivity index (χ1n) is 13.6. The van der Waals surface area contributed by atoms with E-state index in [4.69, 9.17) is 0 Å². The van der Waals surface area contributed by atoms with Crippen LogP contribution in [0.15, 0.2) is 0 Å². The van der Waals surface area contributed by atoms with Crippen LogP contribution in [0.4, 0.5) is 0 Å². The topological polar surface area (TPSA) is 45.8 Å². The summed E-state index contributed by atoms with van der Waals surface area (Å²) >= 11 is 0. The number of hydrogen-bond donors (Lipinski definition) is 3. The van der Waals surface area contributed by atoms with Crippen LogP contribution in [-0.4, -0.2) is 113 Å². The normalized spacial score (nSPS) is 48.1. The second-order valence-electron chi connectivity index (χ2n) is 13.4. The molecule has 0 aliphatic carbocycles. The van der Waals surface area contributed by atoms with Crippen LogP contribution in [0.1, 0.15) is 38.5 Å². The molecular weight excluding hydrogens is 396 g/mol. The molecule has 0 saturated carbocycles. The van der Waals surface area contributed by atoms with Crippen molar-refractivity contribution in [3.8, 4) is 0 Å². The number of piperidine rings is 3. The van der Waals surface area contributed by atoms with Gasteiger partial charge in [-0.1, -0.05) is 0 Å². The number of hydrogen-bond acceptors (Lipinski definition) is 6. The molecule has 6 unspecified atom stereocenters. The average Bonchev–Trinajstić information content (AvgIpc) is 3.34. The second kappa shape index (κ2) is 8.17. The van der Waals surface area contributed by atoms with Crippen molar-refractivity contribution in [3.05, 3.63) is 0 Å². The summed E-state index contributed by atoms with van der Waals surface area (Å²) in [5.41, 5.74) is 1.65. The summed E-state index contributed by atoms with van der Waals surface area (Å²) in [5.74, 6) is 1.60. The minimum absolute atomic E-state index is 0.500. The molecule has 6 nitrogen and oxygen atoms in total. The lowest BCUT2D eigenvalue weighted by molar-refractivity contribution is -0.0507. The zero-order valence-electron chi connectivity index (χ0n) is 21.0. The highest BCUT2D eigenvalue weighted by Gasteiger charge is 2.55. The van der Waals surface area contributed by atoms with Crippen molar-refractivity contribution in [2.75, 3.05) is 86.6 Å². The van der Waals surface area contributed by atoms with E-state index >= 15 is 0 Å². The average molecular weight is 445 g/mol. The van der Waals surface area contributed by atoms with Crippen molar-refractivity contribution in [2.24, 2.45) is 28.1 Å². The molecule has 0 radical (unpaired) electrons. The molecule has 6 aliphatic rings. The quantitative estimate of drug-likeness (QED) is 0.588. The summed E-state index contributed by atoms with van der Waals surface area (Å²) in [6.07, 6.45) is 8.41. The van der Waals surface area contributed by atoms with Crippen LogP contribution in [0.3, 0.4) is 0 Å². The van der Waals surface area contributed by atoms with Gasteiger partial charge in [-0.25, -0.2) is 0 Å². The number of nitrogens with zero attached hydrogens (tertiary/aromatic N) is 3. The molecule has 182 valence electrons. The third kappa shape index (κ3) is 3.87. The maximum Gasteiger partial charge on any atom is 0.0120 e. The van der Waals surface area contributed by atoms with Crippen LogP contribution in [0, 0.1) is 28.1 Å². The highest BCUT2D eigenvalue weighted by atomic mass is 15.2. The van der Waals surface area contributed by atoms with Gasteiger partial charge in [0.05, 0.1) is 0 Å². The van der Waals surface area contributed by atoms with Crippen LogP contribution >= 0.6 is 0 Å². The smallest absolute Gasteiger partial charge is 0.0120 e. The SMILES string of the molecule is CN1CCC2(CNC(C3CNCC4(CCN(C)C4)C3)C2)C(C2CC3(CCN2)CN(C)C3)C1. The molecule has 6 aliphatic heterocycles. The van der Waals surface area contributed by atoms with E-state index in [1.165, 1.54) is 104 Å². The fourth-order valence-electron chi connectivity index (χ4n) is 9.31. The van der Waals surface area contributed by atoms with Crippen LogP contribution in [-0.2, 0) is 0 Å². The first kappa shape index (κ1) is 22.2. The molecule has 3 spiro atoms. The molecule has 6 heterocycles. The first-order chi connectivity index (χ1) is 15.4. The van der Waals surface area contributed by atoms with E-state index in [0.717, 1.165) is 11.8 Å². The van der Waals surface area contributed by atoms with Gasteiger partial charge >= 0.3 is 0 Å². The first-order valence-corrected chi connectivity index (χ1v) is 13.6. The third-order valence-corrected chi connectivity index (χ3v) is 10.8. The van der Waals surface area contributed by atoms with Crippen molar-refractivity contribution in [3.63, 3.8) is 0 Å². The Morgan fingerprint density at radius 1 is 0.719 bits per heavy atom. The van der Waals surface area contributed by atoms with Crippen LogP contribution in [0.5, 0.6) is 0 Å². The number of rotatable bonds is 2. The highest BCUT2D eigenvalue weighted by Crippen LogP contribution is 2.51. The Morgan fingerprint density at radius 2 is 1.53 bits per heavy atom. The van der Waals surface area contributed by atoms with Crippen molar-refractivity contribution >= 4 is 0 Å². The number of likely N-dealkylation sites (tertiary alicyclic amines) is 3. The second-order valence-corrected chi connectivity index (χ2v) is 13.4. The molecule has 0 aromatic rings. The molecule has 0 aromatic heterocycles. The van der Waals surface area contributed by atoms with E-state index in [0.29, 0.717) is 28.3 Å². The molecular formula is C26H48N6. The molecule has 6 atom stereocenters. The van der Waals surface area contributed by atoms with Crippen molar-refractivity contribution in [1.82, 2.24) is 30.7 Å². The molecule has 0 bridgehead atoms. The minimum atomic E-state index is 0.500. The lowest BCUT2D eigenvalue weighted by Crippen LogP contribution is -2.64. The fraction of sp³-hybridized carbons (Fsp3) is 1.00. The Kier molecular flexibility index (Phi) is 5.67. The maximum atomic E-state index is 4.14. The lowest BCUT2D eigenvalue weighted by atomic mass is 9.60. The van der Waals surface area contributed by atoms with Crippen molar-refractivity contribution in [1.29, 1.82) is 0 Å². The van der Waals surface area contributed by atoms with Gasteiger partial charge in [0.1, 0.15) is 0 Å². The van der Waals surface area contributed by atoms with Gasteiger partial charge in [0, 0.05) is 51.4 Å². The van der Waals surface area contributed by atoms with Gasteiger partial charge in [-0.15, -0.1) is 0 Å². The summed E-state index contributed by atoms with van der Waals surface area (Å²) in [4.78, 5) is 7.72. The Bertz CT molecular complexity index is 684. The van der Waals surface area contributed by atoms with Crippen LogP contribution in [0.2, 0.25) is 0 Å². The summed E-state index contributed by atoms with van der Waals surface area (Å²) in [7, 11) is 6.98. The molecule has 6 rings (SSSR count). The van der Waals surface area contributed by atoms with Gasteiger partial charge in [0.2, 0.25) is 0 Å². The van der Waals surface area contributed by atoms with Gasteiger partial charge in [-0.2, -0.15) is 0 Å². The van der Waals surface area contributed by atoms with E-state index in [1.54, 1.807) is 0 Å². The summed E-state index contributed by atoms with van der Waals surface area (Å²) in [5, 5.41) is 12.1. The van der Waals surface area contributed by atoms with Gasteiger partial charge in [0.15, 0.2) is 0 Å². The molecule has 6 heteroatoms. The number of nitrogens with one attached hydrogen (secondary N) is 3. The van der Waals surface area contributed by atoms with Crippen molar-refractivity contribution in [2.45, 2.75) is 50.6 Å². The van der Waals surface area contributed by atoms with Gasteiger partial charge in [0.25, 0.3) is 0 Å². The van der Waals surface area contributed by atoms with Crippen LogP contribution < -0.4 is 16.0 Å². The highest BCUT2D eigenvalue weighted by molar-refractivity contribution is 5.10. The zero-order valence-corrected chi connectivity index (χ0v) is 21.0. The molecule has 6 saturated heterocycles. The maximum absolute atomic E-state index is 4.14. The molecule has 3 N–H and O–H groups in total. The molecule has 0 amide bonds. The minimum Gasteiger partial charge on any atom is -0.316 e. The van der Waals surface area contributed by atoms with E-state index < -0.39 is 0 Å². The molecule has 6 fully saturated rings. The predicted molar refractivity (Wildman–Crippen MR) is 131 cm³/mol. The Labute approximate surface area is 196 Å². The van der Waals surface area contributed by atoms with Gasteiger partial charge < -0.3 is 30.7 Å². The summed E-state index contributed by atoms with van der Waals surface area (Å²) < 4.78 is 0. The third-order valence-electron chi connectivity index (χ3n) is 10.8. The lowest BCUT2D eigenvalue weighted by Gasteiger charge is -2.57. The molecule has 32 heavy (non-hydrogen) atoms. The van der Waals surface area contributed by atoms with E-state index in [1.807, 2.05) is 0 Å². The van der Waals surface area contributed by atoms with Crippen molar-refractivity contribution < 1.29 is 0 Å². The molecule has 0 aromatic carbocycles. The van der Waals surface area contributed by atoms with E-state index in [-0.39, 0.29) is 0 Å².